The molecule has 0 fully saturated rings. The van der Waals surface area contributed by atoms with E-state index in [1.165, 1.54) is 11.8 Å². The second-order valence-corrected chi connectivity index (χ2v) is 5.32. The second kappa shape index (κ2) is 6.91. The van der Waals surface area contributed by atoms with Crippen molar-refractivity contribution in [3.8, 4) is 0 Å². The zero-order valence-electron chi connectivity index (χ0n) is 11.4. The molecule has 1 N–H and O–H groups in total. The number of rotatable bonds is 5. The number of thioether (sulfide) groups is 1. The monoisotopic (exact) mass is 331 g/mol. The van der Waals surface area contributed by atoms with Crippen LogP contribution in [0.4, 0.5) is 26.3 Å². The molecule has 8 heteroatoms. The van der Waals surface area contributed by atoms with E-state index >= 15 is 0 Å². The molecule has 0 bridgehead atoms. The Labute approximate surface area is 123 Å². The molecule has 0 saturated heterocycles. The molecule has 1 aromatic carbocycles. The minimum Gasteiger partial charge on any atom is -0.310 e. The van der Waals surface area contributed by atoms with Crippen LogP contribution in [-0.4, -0.2) is 18.6 Å². The van der Waals surface area contributed by atoms with Gasteiger partial charge in [0.2, 0.25) is 0 Å². The minimum atomic E-state index is -4.81. The van der Waals surface area contributed by atoms with Crippen molar-refractivity contribution in [2.24, 2.45) is 0 Å². The first kappa shape index (κ1) is 18.2. The van der Waals surface area contributed by atoms with Gasteiger partial charge >= 0.3 is 12.4 Å². The normalized spacial score (nSPS) is 14.3. The molecule has 0 aliphatic carbocycles. The first-order valence-electron chi connectivity index (χ1n) is 6.11. The van der Waals surface area contributed by atoms with Crippen LogP contribution in [0.5, 0.6) is 0 Å². The van der Waals surface area contributed by atoms with Crippen LogP contribution in [0.3, 0.4) is 0 Å². The average Bonchev–Trinajstić information content (AvgIpc) is 2.36. The van der Waals surface area contributed by atoms with Crippen molar-refractivity contribution in [1.82, 2.24) is 5.32 Å². The highest BCUT2D eigenvalue weighted by Crippen LogP contribution is 2.37. The summed E-state index contributed by atoms with van der Waals surface area (Å²) >= 11 is 1.35. The van der Waals surface area contributed by atoms with Crippen molar-refractivity contribution in [2.45, 2.75) is 25.3 Å². The Morgan fingerprint density at radius 3 is 1.81 bits per heavy atom. The van der Waals surface area contributed by atoms with Crippen LogP contribution in [0.1, 0.15) is 29.7 Å². The van der Waals surface area contributed by atoms with Crippen molar-refractivity contribution in [3.63, 3.8) is 0 Å². The van der Waals surface area contributed by atoms with Crippen molar-refractivity contribution >= 4 is 11.8 Å². The van der Waals surface area contributed by atoms with Gasteiger partial charge in [-0.3, -0.25) is 0 Å². The van der Waals surface area contributed by atoms with E-state index in [-0.39, 0.29) is 11.6 Å². The molecule has 1 aromatic rings. The molecule has 0 heterocycles. The topological polar surface area (TPSA) is 12.0 Å². The Kier molecular flexibility index (Phi) is 5.98. The second-order valence-electron chi connectivity index (χ2n) is 4.40. The smallest absolute Gasteiger partial charge is 0.310 e. The van der Waals surface area contributed by atoms with Crippen LogP contribution in [0.15, 0.2) is 18.2 Å². The Balaban J connectivity index is 3.36. The van der Waals surface area contributed by atoms with Gasteiger partial charge in [-0.15, -0.1) is 0 Å². The number of hydrogen-bond acceptors (Lipinski definition) is 2. The summed E-state index contributed by atoms with van der Waals surface area (Å²) in [6, 6.07) is 1.14. The quantitative estimate of drug-likeness (QED) is 0.782. The molecule has 1 unspecified atom stereocenters. The fourth-order valence-corrected chi connectivity index (χ4v) is 2.51. The molecule has 0 aliphatic rings. The van der Waals surface area contributed by atoms with Gasteiger partial charge in [-0.2, -0.15) is 38.1 Å². The van der Waals surface area contributed by atoms with E-state index in [0.717, 1.165) is 12.1 Å². The highest BCUT2D eigenvalue weighted by Gasteiger charge is 2.37. The predicted molar refractivity (Wildman–Crippen MR) is 71.2 cm³/mol. The van der Waals surface area contributed by atoms with Crippen LogP contribution < -0.4 is 5.32 Å². The van der Waals surface area contributed by atoms with E-state index in [1.807, 2.05) is 0 Å². The number of hydrogen-bond donors (Lipinski definition) is 1. The lowest BCUT2D eigenvalue weighted by atomic mass is 10.0. The van der Waals surface area contributed by atoms with Crippen LogP contribution in [0, 0.1) is 0 Å². The number of halogens is 6. The largest absolute Gasteiger partial charge is 0.416 e. The number of nitrogens with one attached hydrogen (secondary N) is 1. The highest BCUT2D eigenvalue weighted by atomic mass is 32.2. The molecule has 1 nitrogen and oxygen atoms in total. The molecule has 0 amide bonds. The van der Waals surface area contributed by atoms with E-state index < -0.39 is 29.5 Å². The predicted octanol–water partition coefficient (Wildman–Crippen LogP) is 4.74. The molecule has 120 valence electrons. The molecule has 0 aromatic heterocycles. The molecule has 0 spiro atoms. The van der Waals surface area contributed by atoms with Gasteiger partial charge in [-0.1, -0.05) is 6.92 Å². The highest BCUT2D eigenvalue weighted by molar-refractivity contribution is 7.98. The summed E-state index contributed by atoms with van der Waals surface area (Å²) in [5.41, 5.74) is -2.57. The van der Waals surface area contributed by atoms with Crippen molar-refractivity contribution in [3.05, 3.63) is 34.9 Å². The maximum atomic E-state index is 12.8. The van der Waals surface area contributed by atoms with Crippen molar-refractivity contribution in [2.75, 3.05) is 18.6 Å². The van der Waals surface area contributed by atoms with Gasteiger partial charge in [0.25, 0.3) is 0 Å². The zero-order valence-corrected chi connectivity index (χ0v) is 12.2. The van der Waals surface area contributed by atoms with Crippen LogP contribution in [0.2, 0.25) is 0 Å². The summed E-state index contributed by atoms with van der Waals surface area (Å²) < 4.78 is 76.7. The van der Waals surface area contributed by atoms with E-state index in [9.17, 15) is 26.3 Å². The van der Waals surface area contributed by atoms with Gasteiger partial charge in [0.05, 0.1) is 11.1 Å². The Bertz CT molecular complexity index is 430. The molecule has 21 heavy (non-hydrogen) atoms. The Morgan fingerprint density at radius 2 is 1.48 bits per heavy atom. The summed E-state index contributed by atoms with van der Waals surface area (Å²) in [7, 11) is 0. The maximum Gasteiger partial charge on any atom is 0.416 e. The molecule has 0 aliphatic heterocycles. The summed E-state index contributed by atoms with van der Waals surface area (Å²) in [5.74, 6) is 0.381. The van der Waals surface area contributed by atoms with Gasteiger partial charge in [-0.05, 0) is 36.6 Å². The van der Waals surface area contributed by atoms with Crippen LogP contribution >= 0.6 is 11.8 Å². The molecule has 1 rings (SSSR count). The SMILES string of the molecule is CCNC(CSC)c1cc(C(F)(F)F)cc(C(F)(F)F)c1. The van der Waals surface area contributed by atoms with E-state index in [1.54, 1.807) is 13.2 Å². The molecule has 0 radical (unpaired) electrons. The lowest BCUT2D eigenvalue weighted by molar-refractivity contribution is -0.143. The lowest BCUT2D eigenvalue weighted by Gasteiger charge is -2.21. The minimum absolute atomic E-state index is 0.00616. The molecular weight excluding hydrogens is 316 g/mol. The number of alkyl halides is 6. The lowest BCUT2D eigenvalue weighted by Crippen LogP contribution is -2.24. The fraction of sp³-hybridized carbons (Fsp3) is 0.538. The van der Waals surface area contributed by atoms with Gasteiger partial charge < -0.3 is 5.32 Å². The van der Waals surface area contributed by atoms with Crippen LogP contribution in [-0.2, 0) is 12.4 Å². The van der Waals surface area contributed by atoms with Crippen molar-refractivity contribution in [1.29, 1.82) is 0 Å². The van der Waals surface area contributed by atoms with Crippen LogP contribution in [0.25, 0.3) is 0 Å². The van der Waals surface area contributed by atoms with Crippen molar-refractivity contribution < 1.29 is 26.3 Å². The maximum absolute atomic E-state index is 12.8. The Hall–Kier alpha value is -0.890. The first-order valence-corrected chi connectivity index (χ1v) is 7.50. The summed E-state index contributed by atoms with van der Waals surface area (Å²) in [5, 5.41) is 2.90. The Morgan fingerprint density at radius 1 is 1.00 bits per heavy atom. The van der Waals surface area contributed by atoms with Gasteiger partial charge in [0, 0.05) is 11.8 Å². The summed E-state index contributed by atoms with van der Waals surface area (Å²) in [6.45, 7) is 2.19. The summed E-state index contributed by atoms with van der Waals surface area (Å²) in [6.07, 6.45) is -7.89. The third kappa shape index (κ3) is 5.10. The van der Waals surface area contributed by atoms with Gasteiger partial charge in [-0.25, -0.2) is 0 Å². The van der Waals surface area contributed by atoms with Gasteiger partial charge in [0.1, 0.15) is 0 Å². The molecule has 1 atom stereocenters. The standard InChI is InChI=1S/C13H15F6NS/c1-3-20-11(7-21-2)8-4-9(12(14,15)16)6-10(5-8)13(17,18)19/h4-6,11,20H,3,7H2,1-2H3. The van der Waals surface area contributed by atoms with E-state index in [0.29, 0.717) is 12.3 Å². The zero-order chi connectivity index (χ0) is 16.3. The van der Waals surface area contributed by atoms with Gasteiger partial charge in [0.15, 0.2) is 0 Å². The summed E-state index contributed by atoms with van der Waals surface area (Å²) in [4.78, 5) is 0. The molecule has 0 saturated carbocycles. The number of benzene rings is 1. The molecular formula is C13H15F6NS. The average molecular weight is 331 g/mol. The third-order valence-electron chi connectivity index (χ3n) is 2.80. The van der Waals surface area contributed by atoms with E-state index in [2.05, 4.69) is 5.32 Å². The fourth-order valence-electron chi connectivity index (χ4n) is 1.87. The first-order chi connectivity index (χ1) is 9.59. The third-order valence-corrected chi connectivity index (χ3v) is 3.46. The van der Waals surface area contributed by atoms with E-state index in [4.69, 9.17) is 0 Å².